The van der Waals surface area contributed by atoms with E-state index in [0.29, 0.717) is 50.7 Å². The Morgan fingerprint density at radius 3 is 2.33 bits per heavy atom. The Morgan fingerprint density at radius 1 is 1.03 bits per heavy atom. The Hall–Kier alpha value is -3.62. The highest BCUT2D eigenvalue weighted by molar-refractivity contribution is 6.42. The van der Waals surface area contributed by atoms with Gasteiger partial charge in [-0.2, -0.15) is 0 Å². The zero-order valence-corrected chi connectivity index (χ0v) is 19.6. The number of nitrogen functional groups attached to an aromatic ring is 1. The third-order valence-corrected chi connectivity index (χ3v) is 5.25. The quantitative estimate of drug-likeness (QED) is 0.288. The third-order valence-electron chi connectivity index (χ3n) is 4.53. The number of anilines is 4. The topological polar surface area (TPSA) is 108 Å². The molecular weight excluding hydrogens is 467 g/mol. The fourth-order valence-corrected chi connectivity index (χ4v) is 3.29. The number of hydrogen-bond donors (Lipinski definition) is 3. The first-order chi connectivity index (χ1) is 15.9. The molecule has 2 aromatic carbocycles. The summed E-state index contributed by atoms with van der Waals surface area (Å²) in [7, 11) is 4.61. The van der Waals surface area contributed by atoms with E-state index >= 15 is 0 Å². The van der Waals surface area contributed by atoms with Gasteiger partial charge in [-0.05, 0) is 30.3 Å². The summed E-state index contributed by atoms with van der Waals surface area (Å²) in [6.07, 6.45) is 4.61. The summed E-state index contributed by atoms with van der Waals surface area (Å²) in [5.41, 5.74) is 7.89. The molecule has 3 aromatic rings. The van der Waals surface area contributed by atoms with Gasteiger partial charge < -0.3 is 30.6 Å². The largest absolute Gasteiger partial charge is 0.493 e. The van der Waals surface area contributed by atoms with Crippen LogP contribution < -0.4 is 30.6 Å². The van der Waals surface area contributed by atoms with Crippen LogP contribution in [-0.2, 0) is 4.79 Å². The van der Waals surface area contributed by atoms with Gasteiger partial charge in [0.25, 0.3) is 0 Å². The Morgan fingerprint density at radius 2 is 1.70 bits per heavy atom. The number of nitrogens with two attached hydrogens (primary N) is 1. The van der Waals surface area contributed by atoms with Gasteiger partial charge in [-0.3, -0.25) is 4.79 Å². The molecule has 0 atom stereocenters. The molecule has 0 aliphatic carbocycles. The molecule has 0 radical (unpaired) electrons. The van der Waals surface area contributed by atoms with Gasteiger partial charge in [-0.1, -0.05) is 23.2 Å². The van der Waals surface area contributed by atoms with E-state index in [4.69, 9.17) is 43.1 Å². The number of halogens is 2. The zero-order valence-electron chi connectivity index (χ0n) is 18.1. The molecule has 33 heavy (non-hydrogen) atoms. The van der Waals surface area contributed by atoms with Crippen LogP contribution in [0.25, 0.3) is 6.08 Å². The average Bonchev–Trinajstić information content (AvgIpc) is 2.81. The SMILES string of the molecule is COc1cc(Nc2ncccc2/C=C/C(=O)Nc2cc(Cl)c(Cl)cc2N)cc(OC)c1OC. The molecule has 8 nitrogen and oxygen atoms in total. The molecule has 0 aliphatic rings. The van der Waals surface area contributed by atoms with Crippen molar-refractivity contribution in [3.8, 4) is 17.2 Å². The molecule has 1 aromatic heterocycles. The van der Waals surface area contributed by atoms with E-state index in [0.717, 1.165) is 0 Å². The van der Waals surface area contributed by atoms with Gasteiger partial charge in [0, 0.05) is 35.7 Å². The maximum atomic E-state index is 12.4. The van der Waals surface area contributed by atoms with Gasteiger partial charge in [0.05, 0.1) is 42.7 Å². The Balaban J connectivity index is 1.82. The van der Waals surface area contributed by atoms with Crippen molar-refractivity contribution in [2.45, 2.75) is 0 Å². The number of nitrogens with one attached hydrogen (secondary N) is 2. The van der Waals surface area contributed by atoms with Gasteiger partial charge in [0.1, 0.15) is 5.82 Å². The lowest BCUT2D eigenvalue weighted by atomic mass is 10.2. The smallest absolute Gasteiger partial charge is 0.248 e. The second kappa shape index (κ2) is 10.8. The molecule has 10 heteroatoms. The molecule has 0 spiro atoms. The number of methoxy groups -OCH3 is 3. The normalized spacial score (nSPS) is 10.7. The van der Waals surface area contributed by atoms with Crippen molar-refractivity contribution in [3.05, 3.63) is 64.3 Å². The van der Waals surface area contributed by atoms with Crippen molar-refractivity contribution in [3.63, 3.8) is 0 Å². The molecule has 0 aliphatic heterocycles. The van der Waals surface area contributed by atoms with Crippen molar-refractivity contribution >= 4 is 58.1 Å². The molecule has 172 valence electrons. The minimum atomic E-state index is -0.400. The number of carbonyl (C=O) groups excluding carboxylic acids is 1. The van der Waals surface area contributed by atoms with Crippen LogP contribution in [0.3, 0.4) is 0 Å². The van der Waals surface area contributed by atoms with Gasteiger partial charge in [0.15, 0.2) is 11.5 Å². The monoisotopic (exact) mass is 488 g/mol. The van der Waals surface area contributed by atoms with Gasteiger partial charge >= 0.3 is 0 Å². The van der Waals surface area contributed by atoms with Crippen LogP contribution in [0.15, 0.2) is 48.7 Å². The number of aromatic nitrogens is 1. The highest BCUT2D eigenvalue weighted by Crippen LogP contribution is 2.40. The van der Waals surface area contributed by atoms with E-state index in [-0.39, 0.29) is 5.02 Å². The number of ether oxygens (including phenoxy) is 3. The first-order valence-electron chi connectivity index (χ1n) is 9.62. The summed E-state index contributed by atoms with van der Waals surface area (Å²) >= 11 is 11.9. The lowest BCUT2D eigenvalue weighted by Crippen LogP contribution is -2.09. The predicted octanol–water partition coefficient (Wildman–Crippen LogP) is 5.39. The summed E-state index contributed by atoms with van der Waals surface area (Å²) in [4.78, 5) is 16.8. The van der Waals surface area contributed by atoms with E-state index in [1.54, 1.807) is 30.5 Å². The van der Waals surface area contributed by atoms with E-state index in [9.17, 15) is 4.79 Å². The minimum absolute atomic E-state index is 0.286. The van der Waals surface area contributed by atoms with Crippen LogP contribution in [-0.4, -0.2) is 32.2 Å². The lowest BCUT2D eigenvalue weighted by Gasteiger charge is -2.15. The lowest BCUT2D eigenvalue weighted by molar-refractivity contribution is -0.111. The summed E-state index contributed by atoms with van der Waals surface area (Å²) in [5.74, 6) is 1.58. The molecule has 0 saturated carbocycles. The molecule has 4 N–H and O–H groups in total. The molecule has 0 unspecified atom stereocenters. The Kier molecular flexibility index (Phi) is 7.87. The fraction of sp³-hybridized carbons (Fsp3) is 0.130. The third kappa shape index (κ3) is 5.79. The summed E-state index contributed by atoms with van der Waals surface area (Å²) in [6.45, 7) is 0. The Bertz CT molecular complexity index is 1180. The number of benzene rings is 2. The van der Waals surface area contributed by atoms with Crippen LogP contribution in [0.2, 0.25) is 10.0 Å². The number of nitrogens with zero attached hydrogens (tertiary/aromatic N) is 1. The van der Waals surface area contributed by atoms with Gasteiger partial charge in [0.2, 0.25) is 11.7 Å². The summed E-state index contributed by atoms with van der Waals surface area (Å²) in [6, 6.07) is 10.0. The van der Waals surface area contributed by atoms with E-state index in [1.807, 2.05) is 6.07 Å². The zero-order chi connectivity index (χ0) is 24.0. The molecular formula is C23H22Cl2N4O4. The molecule has 3 rings (SSSR count). The van der Waals surface area contributed by atoms with Gasteiger partial charge in [-0.25, -0.2) is 4.98 Å². The van der Waals surface area contributed by atoms with E-state index in [1.165, 1.54) is 39.5 Å². The van der Waals surface area contributed by atoms with Gasteiger partial charge in [-0.15, -0.1) is 0 Å². The maximum absolute atomic E-state index is 12.4. The van der Waals surface area contributed by atoms with Crippen molar-refractivity contribution in [2.24, 2.45) is 0 Å². The second-order valence-electron chi connectivity index (χ2n) is 6.66. The van der Waals surface area contributed by atoms with Crippen LogP contribution >= 0.6 is 23.2 Å². The predicted molar refractivity (Wildman–Crippen MR) is 132 cm³/mol. The highest BCUT2D eigenvalue weighted by Gasteiger charge is 2.14. The average molecular weight is 489 g/mol. The van der Waals surface area contributed by atoms with E-state index in [2.05, 4.69) is 15.6 Å². The van der Waals surface area contributed by atoms with Crippen molar-refractivity contribution in [1.82, 2.24) is 4.98 Å². The molecule has 0 saturated heterocycles. The first-order valence-corrected chi connectivity index (χ1v) is 10.4. The number of carbonyl (C=O) groups is 1. The van der Waals surface area contributed by atoms with Crippen molar-refractivity contribution in [2.75, 3.05) is 37.7 Å². The highest BCUT2D eigenvalue weighted by atomic mass is 35.5. The number of hydrogen-bond acceptors (Lipinski definition) is 7. The van der Waals surface area contributed by atoms with Crippen molar-refractivity contribution < 1.29 is 19.0 Å². The maximum Gasteiger partial charge on any atom is 0.248 e. The molecule has 0 fully saturated rings. The number of pyridine rings is 1. The summed E-state index contributed by atoms with van der Waals surface area (Å²) in [5, 5.41) is 6.48. The van der Waals surface area contributed by atoms with Crippen LogP contribution in [0.1, 0.15) is 5.56 Å². The Labute approximate surface area is 201 Å². The van der Waals surface area contributed by atoms with Crippen LogP contribution in [0.4, 0.5) is 22.9 Å². The molecule has 1 amide bonds. The number of rotatable bonds is 8. The standard InChI is InChI=1S/C23H22Cl2N4O4/c1-31-19-9-14(10-20(32-2)22(19)33-3)28-23-13(5-4-8-27-23)6-7-21(30)29-18-12-16(25)15(24)11-17(18)26/h4-12H,26H2,1-3H3,(H,27,28)(H,29,30)/b7-6+. The fourth-order valence-electron chi connectivity index (χ4n) is 2.96. The van der Waals surface area contributed by atoms with Crippen molar-refractivity contribution in [1.29, 1.82) is 0 Å². The van der Waals surface area contributed by atoms with Crippen LogP contribution in [0, 0.1) is 0 Å². The molecule has 1 heterocycles. The first kappa shape index (κ1) is 24.0. The number of amides is 1. The second-order valence-corrected chi connectivity index (χ2v) is 7.47. The van der Waals surface area contributed by atoms with E-state index < -0.39 is 5.91 Å². The summed E-state index contributed by atoms with van der Waals surface area (Å²) < 4.78 is 16.1. The molecule has 0 bridgehead atoms. The minimum Gasteiger partial charge on any atom is -0.493 e. The van der Waals surface area contributed by atoms with Crippen LogP contribution in [0.5, 0.6) is 17.2 Å².